The largest absolute Gasteiger partial charge is 0.342 e. The minimum atomic E-state index is 0. The molecule has 7 heteroatoms. The normalized spacial score (nSPS) is 10.3. The molecule has 20 heavy (non-hydrogen) atoms. The van der Waals surface area contributed by atoms with E-state index in [1.165, 1.54) is 0 Å². The van der Waals surface area contributed by atoms with Crippen LogP contribution in [0.3, 0.4) is 0 Å². The number of aromatic nitrogens is 1. The fraction of sp³-hybridized carbons (Fsp3) is 0.0769. The summed E-state index contributed by atoms with van der Waals surface area (Å²) in [6.07, 6.45) is 4.51. The molecule has 0 aliphatic heterocycles. The first kappa shape index (κ1) is 16.2. The van der Waals surface area contributed by atoms with E-state index in [2.05, 4.69) is 5.10 Å². The Hall–Kier alpha value is -1.82. The third kappa shape index (κ3) is 4.38. The van der Waals surface area contributed by atoms with E-state index in [-0.39, 0.29) is 12.4 Å². The second-order valence-electron chi connectivity index (χ2n) is 3.94. The van der Waals surface area contributed by atoms with Gasteiger partial charge in [-0.2, -0.15) is 10.2 Å². The summed E-state index contributed by atoms with van der Waals surface area (Å²) in [7, 11) is 0. The van der Waals surface area contributed by atoms with Crippen LogP contribution in [0, 0.1) is 5.41 Å². The lowest BCUT2D eigenvalue weighted by Crippen LogP contribution is -2.22. The van der Waals surface area contributed by atoms with Crippen molar-refractivity contribution in [1.82, 2.24) is 9.69 Å². The molecule has 106 valence electrons. The minimum Gasteiger partial charge on any atom is -0.342 e. The fourth-order valence-corrected chi connectivity index (χ4v) is 1.76. The lowest BCUT2D eigenvalue weighted by molar-refractivity contribution is 0.485. The zero-order chi connectivity index (χ0) is 13.7. The fourth-order valence-electron chi connectivity index (χ4n) is 1.63. The van der Waals surface area contributed by atoms with Gasteiger partial charge in [0.15, 0.2) is 0 Å². The van der Waals surface area contributed by atoms with Crippen LogP contribution < -0.4 is 5.84 Å². The SMILES string of the molecule is Cl.N=CN(N)/N=C/c1cccn1Cc1ccc(Cl)cc1. The number of nitrogens with zero attached hydrogens (tertiary/aromatic N) is 3. The first-order valence-corrected chi connectivity index (χ1v) is 6.05. The molecule has 0 radical (unpaired) electrons. The summed E-state index contributed by atoms with van der Waals surface area (Å²) < 4.78 is 2.03. The highest BCUT2D eigenvalue weighted by atomic mass is 35.5. The van der Waals surface area contributed by atoms with E-state index >= 15 is 0 Å². The van der Waals surface area contributed by atoms with Crippen LogP contribution in [0.15, 0.2) is 47.7 Å². The van der Waals surface area contributed by atoms with Gasteiger partial charge < -0.3 is 4.57 Å². The van der Waals surface area contributed by atoms with Gasteiger partial charge in [0.1, 0.15) is 6.34 Å². The highest BCUT2D eigenvalue weighted by Gasteiger charge is 2.00. The maximum Gasteiger partial charge on any atom is 0.121 e. The van der Waals surface area contributed by atoms with E-state index in [1.807, 2.05) is 47.2 Å². The predicted octanol–water partition coefficient (Wildman–Crippen LogP) is 2.73. The maximum absolute atomic E-state index is 6.93. The van der Waals surface area contributed by atoms with Crippen molar-refractivity contribution in [2.45, 2.75) is 6.54 Å². The van der Waals surface area contributed by atoms with Gasteiger partial charge in [0.25, 0.3) is 0 Å². The van der Waals surface area contributed by atoms with Crippen molar-refractivity contribution < 1.29 is 0 Å². The Balaban J connectivity index is 0.00000200. The summed E-state index contributed by atoms with van der Waals surface area (Å²) in [4.78, 5) is 0. The molecular weight excluding hydrogens is 297 g/mol. The molecular formula is C13H15Cl2N5. The lowest BCUT2D eigenvalue weighted by Gasteiger charge is -2.07. The van der Waals surface area contributed by atoms with Crippen molar-refractivity contribution in [1.29, 1.82) is 5.41 Å². The number of hydrogen-bond donors (Lipinski definition) is 2. The smallest absolute Gasteiger partial charge is 0.121 e. The van der Waals surface area contributed by atoms with E-state index in [0.29, 0.717) is 0 Å². The van der Waals surface area contributed by atoms with E-state index in [4.69, 9.17) is 22.9 Å². The number of halogens is 2. The average molecular weight is 312 g/mol. The van der Waals surface area contributed by atoms with Crippen LogP contribution >= 0.6 is 24.0 Å². The molecule has 1 heterocycles. The van der Waals surface area contributed by atoms with Crippen LogP contribution in [0.5, 0.6) is 0 Å². The van der Waals surface area contributed by atoms with Gasteiger partial charge in [0.05, 0.1) is 11.9 Å². The molecule has 1 aromatic heterocycles. The van der Waals surface area contributed by atoms with Gasteiger partial charge >= 0.3 is 0 Å². The van der Waals surface area contributed by atoms with Gasteiger partial charge in [-0.1, -0.05) is 23.7 Å². The van der Waals surface area contributed by atoms with Crippen molar-refractivity contribution in [2.24, 2.45) is 10.9 Å². The molecule has 0 unspecified atom stereocenters. The predicted molar refractivity (Wildman–Crippen MR) is 84.6 cm³/mol. The highest BCUT2D eigenvalue weighted by molar-refractivity contribution is 6.30. The molecule has 0 bridgehead atoms. The molecule has 2 aromatic rings. The first-order valence-electron chi connectivity index (χ1n) is 5.67. The monoisotopic (exact) mass is 311 g/mol. The van der Waals surface area contributed by atoms with E-state index in [1.54, 1.807) is 6.21 Å². The quantitative estimate of drug-likeness (QED) is 0.386. The summed E-state index contributed by atoms with van der Waals surface area (Å²) >= 11 is 5.86. The van der Waals surface area contributed by atoms with Gasteiger partial charge in [-0.3, -0.25) is 5.41 Å². The summed E-state index contributed by atoms with van der Waals surface area (Å²) in [5.41, 5.74) is 2.05. The van der Waals surface area contributed by atoms with Crippen LogP contribution in [0.2, 0.25) is 5.02 Å². The Labute approximate surface area is 128 Å². The second kappa shape index (κ2) is 7.69. The average Bonchev–Trinajstić information content (AvgIpc) is 2.86. The maximum atomic E-state index is 6.93. The van der Waals surface area contributed by atoms with Crippen LogP contribution in [0.25, 0.3) is 0 Å². The molecule has 3 N–H and O–H groups in total. The van der Waals surface area contributed by atoms with Crippen molar-refractivity contribution in [3.8, 4) is 0 Å². The zero-order valence-corrected chi connectivity index (χ0v) is 12.2. The van der Waals surface area contributed by atoms with Crippen molar-refractivity contribution in [2.75, 3.05) is 0 Å². The Morgan fingerprint density at radius 2 is 2.00 bits per heavy atom. The molecule has 0 aliphatic carbocycles. The lowest BCUT2D eigenvalue weighted by atomic mass is 10.2. The van der Waals surface area contributed by atoms with E-state index in [9.17, 15) is 0 Å². The molecule has 0 fully saturated rings. The Bertz CT molecular complexity index is 577. The number of rotatable bonds is 5. The van der Waals surface area contributed by atoms with Gasteiger partial charge in [-0.05, 0) is 29.8 Å². The molecule has 0 atom stereocenters. The Morgan fingerprint density at radius 1 is 1.30 bits per heavy atom. The van der Waals surface area contributed by atoms with Gasteiger partial charge in [-0.15, -0.1) is 12.4 Å². The minimum absolute atomic E-state index is 0. The molecule has 5 nitrogen and oxygen atoms in total. The number of hydrazone groups is 1. The third-order valence-electron chi connectivity index (χ3n) is 2.59. The van der Waals surface area contributed by atoms with Gasteiger partial charge in [-0.25, -0.2) is 5.84 Å². The number of benzene rings is 1. The second-order valence-corrected chi connectivity index (χ2v) is 4.38. The van der Waals surface area contributed by atoms with Crippen LogP contribution in [0.4, 0.5) is 0 Å². The molecule has 2 rings (SSSR count). The molecule has 0 amide bonds. The molecule has 0 saturated heterocycles. The van der Waals surface area contributed by atoms with Crippen molar-refractivity contribution >= 4 is 36.6 Å². The zero-order valence-electron chi connectivity index (χ0n) is 10.6. The summed E-state index contributed by atoms with van der Waals surface area (Å²) in [5, 5.41) is 12.5. The van der Waals surface area contributed by atoms with Crippen molar-refractivity contribution in [3.05, 3.63) is 58.9 Å². The topological polar surface area (TPSA) is 70.4 Å². The first-order chi connectivity index (χ1) is 9.19. The molecule has 0 aliphatic rings. The number of hydrazine groups is 1. The van der Waals surface area contributed by atoms with E-state index in [0.717, 1.165) is 34.3 Å². The van der Waals surface area contributed by atoms with E-state index < -0.39 is 0 Å². The van der Waals surface area contributed by atoms with Gasteiger partial charge in [0.2, 0.25) is 0 Å². The Morgan fingerprint density at radius 3 is 2.65 bits per heavy atom. The van der Waals surface area contributed by atoms with Crippen LogP contribution in [-0.2, 0) is 6.54 Å². The molecule has 0 spiro atoms. The summed E-state index contributed by atoms with van der Waals surface area (Å²) in [6, 6.07) is 11.6. The standard InChI is InChI=1S/C13H14ClN5.ClH/c14-12-5-3-11(4-6-12)9-18-7-1-2-13(18)8-17-19(16)10-15;/h1-8,10,15H,9,16H2;1H/b15-10?,17-8+;. The summed E-state index contributed by atoms with van der Waals surface area (Å²) in [5.74, 6) is 5.38. The summed E-state index contributed by atoms with van der Waals surface area (Å²) in [6.45, 7) is 0.723. The highest BCUT2D eigenvalue weighted by Crippen LogP contribution is 2.11. The number of nitrogens with two attached hydrogens (primary N) is 1. The number of hydrogen-bond acceptors (Lipinski definition) is 3. The number of nitrogens with one attached hydrogen (secondary N) is 1. The van der Waals surface area contributed by atoms with Crippen molar-refractivity contribution in [3.63, 3.8) is 0 Å². The molecule has 0 saturated carbocycles. The molecule has 1 aromatic carbocycles. The van der Waals surface area contributed by atoms with Gasteiger partial charge in [0, 0.05) is 17.8 Å². The van der Waals surface area contributed by atoms with Crippen LogP contribution in [-0.4, -0.2) is 22.2 Å². The third-order valence-corrected chi connectivity index (χ3v) is 2.84. The Kier molecular flexibility index (Phi) is 6.24. The van der Waals surface area contributed by atoms with Crippen LogP contribution in [0.1, 0.15) is 11.3 Å².